The van der Waals surface area contributed by atoms with Gasteiger partial charge in [-0.2, -0.15) is 0 Å². The SMILES string of the molecule is Cc1ccc(O)c(OP(Oc2c(O)ccc(C)c2C)Oc2c(O)ccc(C)c2C)c1C. The molecule has 3 aromatic carbocycles. The molecule has 6 nitrogen and oxygen atoms in total. The molecule has 0 aliphatic carbocycles. The van der Waals surface area contributed by atoms with Gasteiger partial charge in [0.2, 0.25) is 0 Å². The summed E-state index contributed by atoms with van der Waals surface area (Å²) in [7, 11) is -2.20. The molecule has 0 saturated carbocycles. The monoisotopic (exact) mass is 442 g/mol. The first kappa shape index (κ1) is 22.6. The lowest BCUT2D eigenvalue weighted by Gasteiger charge is -2.23. The summed E-state index contributed by atoms with van der Waals surface area (Å²) in [6.07, 6.45) is 0. The Balaban J connectivity index is 2.06. The van der Waals surface area contributed by atoms with Gasteiger partial charge in [0.25, 0.3) is 0 Å². The van der Waals surface area contributed by atoms with Gasteiger partial charge in [-0.1, -0.05) is 18.2 Å². The average molecular weight is 442 g/mol. The summed E-state index contributed by atoms with van der Waals surface area (Å²) < 4.78 is 18.0. The molecule has 0 heterocycles. The number of hydrogen-bond donors (Lipinski definition) is 3. The van der Waals surface area contributed by atoms with E-state index in [1.807, 2.05) is 41.5 Å². The Labute approximate surface area is 183 Å². The second kappa shape index (κ2) is 8.94. The maximum Gasteiger partial charge on any atom is 0.530 e. The Morgan fingerprint density at radius 1 is 0.484 bits per heavy atom. The lowest BCUT2D eigenvalue weighted by Crippen LogP contribution is -2.06. The molecule has 0 radical (unpaired) electrons. The van der Waals surface area contributed by atoms with Crippen molar-refractivity contribution in [3.8, 4) is 34.5 Å². The zero-order valence-corrected chi connectivity index (χ0v) is 19.4. The third kappa shape index (κ3) is 4.64. The summed E-state index contributed by atoms with van der Waals surface area (Å²) in [5.74, 6) is 0.497. The lowest BCUT2D eigenvalue weighted by molar-refractivity contribution is 0.348. The third-order valence-electron chi connectivity index (χ3n) is 5.47. The lowest BCUT2D eigenvalue weighted by atomic mass is 10.1. The molecule has 164 valence electrons. The number of hydrogen-bond acceptors (Lipinski definition) is 6. The molecule has 3 aromatic rings. The van der Waals surface area contributed by atoms with Crippen LogP contribution in [0.5, 0.6) is 34.5 Å². The third-order valence-corrected chi connectivity index (χ3v) is 6.46. The van der Waals surface area contributed by atoms with Crippen LogP contribution in [0.15, 0.2) is 36.4 Å². The fourth-order valence-electron chi connectivity index (χ4n) is 2.95. The molecule has 0 spiro atoms. The highest BCUT2D eigenvalue weighted by molar-refractivity contribution is 7.43. The summed E-state index contributed by atoms with van der Waals surface area (Å²) in [5, 5.41) is 31.1. The van der Waals surface area contributed by atoms with Crippen molar-refractivity contribution in [3.05, 3.63) is 69.8 Å². The van der Waals surface area contributed by atoms with Gasteiger partial charge in [0.15, 0.2) is 34.5 Å². The predicted molar refractivity (Wildman–Crippen MR) is 122 cm³/mol. The largest absolute Gasteiger partial charge is 0.530 e. The molecule has 0 amide bonds. The number of phenolic OH excluding ortho intramolecular Hbond substituents is 3. The van der Waals surface area contributed by atoms with Crippen molar-refractivity contribution in [2.45, 2.75) is 41.5 Å². The van der Waals surface area contributed by atoms with E-state index in [9.17, 15) is 15.3 Å². The van der Waals surface area contributed by atoms with Crippen LogP contribution in [0.25, 0.3) is 0 Å². The van der Waals surface area contributed by atoms with Crippen LogP contribution in [0.4, 0.5) is 0 Å². The topological polar surface area (TPSA) is 88.4 Å². The minimum Gasteiger partial charge on any atom is -0.504 e. The van der Waals surface area contributed by atoms with Gasteiger partial charge in [0.05, 0.1) is 0 Å². The van der Waals surface area contributed by atoms with Gasteiger partial charge >= 0.3 is 8.60 Å². The number of aromatic hydroxyl groups is 3. The maximum atomic E-state index is 10.4. The van der Waals surface area contributed by atoms with E-state index in [-0.39, 0.29) is 34.5 Å². The van der Waals surface area contributed by atoms with Crippen LogP contribution in [0.1, 0.15) is 33.4 Å². The fourth-order valence-corrected chi connectivity index (χ4v) is 4.20. The summed E-state index contributed by atoms with van der Waals surface area (Å²) in [4.78, 5) is 0. The molecular weight excluding hydrogens is 415 g/mol. The van der Waals surface area contributed by atoms with Crippen molar-refractivity contribution in [2.24, 2.45) is 0 Å². The van der Waals surface area contributed by atoms with Crippen LogP contribution in [-0.4, -0.2) is 15.3 Å². The molecule has 0 fully saturated rings. The van der Waals surface area contributed by atoms with Gasteiger partial charge in [-0.3, -0.25) is 0 Å². The van der Waals surface area contributed by atoms with Crippen LogP contribution < -0.4 is 13.6 Å². The maximum absolute atomic E-state index is 10.4. The zero-order valence-electron chi connectivity index (χ0n) is 18.5. The van der Waals surface area contributed by atoms with Crippen LogP contribution >= 0.6 is 8.60 Å². The van der Waals surface area contributed by atoms with Crippen LogP contribution in [0.3, 0.4) is 0 Å². The van der Waals surface area contributed by atoms with E-state index >= 15 is 0 Å². The molecule has 0 aliphatic rings. The highest BCUT2D eigenvalue weighted by atomic mass is 31.2. The summed E-state index contributed by atoms with van der Waals surface area (Å²) in [5.41, 5.74) is 4.96. The van der Waals surface area contributed by atoms with E-state index in [0.717, 1.165) is 33.4 Å². The van der Waals surface area contributed by atoms with Crippen molar-refractivity contribution in [3.63, 3.8) is 0 Å². The van der Waals surface area contributed by atoms with Crippen LogP contribution in [0.2, 0.25) is 0 Å². The summed E-state index contributed by atoms with van der Waals surface area (Å²) in [6, 6.07) is 9.97. The van der Waals surface area contributed by atoms with Gasteiger partial charge in [0, 0.05) is 0 Å². The second-order valence-electron chi connectivity index (χ2n) is 7.56. The van der Waals surface area contributed by atoms with E-state index in [4.69, 9.17) is 13.6 Å². The Morgan fingerprint density at radius 2 is 0.742 bits per heavy atom. The minimum atomic E-state index is -2.20. The first-order chi connectivity index (χ1) is 14.6. The molecule has 0 aliphatic heterocycles. The molecule has 0 saturated heterocycles. The zero-order chi connectivity index (χ0) is 22.9. The summed E-state index contributed by atoms with van der Waals surface area (Å²) >= 11 is 0. The predicted octanol–water partition coefficient (Wildman–Crippen LogP) is 6.42. The van der Waals surface area contributed by atoms with Gasteiger partial charge in [-0.25, -0.2) is 0 Å². The van der Waals surface area contributed by atoms with Gasteiger partial charge < -0.3 is 28.9 Å². The van der Waals surface area contributed by atoms with E-state index < -0.39 is 8.60 Å². The molecule has 31 heavy (non-hydrogen) atoms. The Kier molecular flexibility index (Phi) is 6.51. The fraction of sp³-hybridized carbons (Fsp3) is 0.250. The van der Waals surface area contributed by atoms with Crippen molar-refractivity contribution in [2.75, 3.05) is 0 Å². The average Bonchev–Trinajstić information content (AvgIpc) is 2.73. The van der Waals surface area contributed by atoms with Crippen molar-refractivity contribution < 1.29 is 28.9 Å². The van der Waals surface area contributed by atoms with Crippen molar-refractivity contribution in [1.29, 1.82) is 0 Å². The van der Waals surface area contributed by atoms with E-state index in [1.54, 1.807) is 18.2 Å². The molecule has 7 heteroatoms. The molecular formula is C24H27O6P. The molecule has 3 rings (SSSR count). The Morgan fingerprint density at radius 3 is 1.00 bits per heavy atom. The molecule has 0 bridgehead atoms. The first-order valence-electron chi connectivity index (χ1n) is 9.81. The van der Waals surface area contributed by atoms with Gasteiger partial charge in [-0.05, 0) is 93.1 Å². The Bertz CT molecular complexity index is 984. The van der Waals surface area contributed by atoms with E-state index in [1.165, 1.54) is 18.2 Å². The second-order valence-corrected chi connectivity index (χ2v) is 8.56. The van der Waals surface area contributed by atoms with E-state index in [2.05, 4.69) is 0 Å². The highest BCUT2D eigenvalue weighted by Crippen LogP contribution is 2.51. The molecule has 0 atom stereocenters. The highest BCUT2D eigenvalue weighted by Gasteiger charge is 2.28. The smallest absolute Gasteiger partial charge is 0.504 e. The number of phenols is 3. The minimum absolute atomic E-state index is 0.0572. The van der Waals surface area contributed by atoms with Crippen molar-refractivity contribution in [1.82, 2.24) is 0 Å². The summed E-state index contributed by atoms with van der Waals surface area (Å²) in [6.45, 7) is 11.2. The number of aryl methyl sites for hydroxylation is 3. The number of benzene rings is 3. The quantitative estimate of drug-likeness (QED) is 0.382. The van der Waals surface area contributed by atoms with Crippen molar-refractivity contribution >= 4 is 8.60 Å². The standard InChI is InChI=1S/C24H27O6P/c1-13-7-10-19(25)22(16(13)4)28-31(29-23-17(5)14(2)8-11-20(23)26)30-24-18(6)15(3)9-12-21(24)27/h7-12,25-27H,1-6H3. The van der Waals surface area contributed by atoms with Gasteiger partial charge in [0.1, 0.15) is 0 Å². The molecule has 0 aromatic heterocycles. The Hall–Kier alpha value is -3.11. The normalized spacial score (nSPS) is 10.9. The van der Waals surface area contributed by atoms with Crippen LogP contribution in [0, 0.1) is 41.5 Å². The molecule has 0 unspecified atom stereocenters. The molecule has 3 N–H and O–H groups in total. The van der Waals surface area contributed by atoms with E-state index in [0.29, 0.717) is 0 Å². The first-order valence-corrected chi connectivity index (χ1v) is 10.9. The van der Waals surface area contributed by atoms with Gasteiger partial charge in [-0.15, -0.1) is 0 Å². The van der Waals surface area contributed by atoms with Crippen LogP contribution in [-0.2, 0) is 0 Å². The number of rotatable bonds is 6.